The lowest BCUT2D eigenvalue weighted by molar-refractivity contribution is -0.137. The van der Waals surface area contributed by atoms with Gasteiger partial charge in [-0.3, -0.25) is 0 Å². The predicted molar refractivity (Wildman–Crippen MR) is 69.0 cm³/mol. The Bertz CT molecular complexity index is 562. The maximum atomic E-state index is 12.9. The van der Waals surface area contributed by atoms with Crippen molar-refractivity contribution in [1.29, 1.82) is 0 Å². The summed E-state index contributed by atoms with van der Waals surface area (Å²) in [5, 5.41) is 2.20. The highest BCUT2D eigenvalue weighted by Gasteiger charge is 2.35. The van der Waals surface area contributed by atoms with Gasteiger partial charge in [-0.15, -0.1) is 11.3 Å². The molecule has 1 N–H and O–H groups in total. The third-order valence-corrected chi connectivity index (χ3v) is 3.77. The molecule has 1 unspecified atom stereocenters. The van der Waals surface area contributed by atoms with Crippen LogP contribution >= 0.6 is 11.3 Å². The topological polar surface area (TPSA) is 24.9 Å². The highest BCUT2D eigenvalue weighted by atomic mass is 32.1. The van der Waals surface area contributed by atoms with Crippen LogP contribution in [0.5, 0.6) is 0 Å². The molecule has 0 aliphatic carbocycles. The van der Waals surface area contributed by atoms with Gasteiger partial charge in [-0.2, -0.15) is 13.2 Å². The van der Waals surface area contributed by atoms with Crippen molar-refractivity contribution in [1.82, 2.24) is 10.3 Å². The van der Waals surface area contributed by atoms with E-state index in [-0.39, 0.29) is 5.82 Å². The Morgan fingerprint density at radius 2 is 1.90 bits per heavy atom. The minimum Gasteiger partial charge on any atom is -0.306 e. The average Bonchev–Trinajstić information content (AvgIpc) is 2.86. The Morgan fingerprint density at radius 3 is 2.40 bits per heavy atom. The Morgan fingerprint density at radius 1 is 1.25 bits per heavy atom. The van der Waals surface area contributed by atoms with Crippen LogP contribution in [0.2, 0.25) is 0 Å². The van der Waals surface area contributed by atoms with Crippen LogP contribution in [0.3, 0.4) is 0 Å². The number of rotatable bonds is 4. The van der Waals surface area contributed by atoms with Gasteiger partial charge in [0.05, 0.1) is 6.04 Å². The summed E-state index contributed by atoms with van der Waals surface area (Å²) < 4.78 is 50.7. The summed E-state index contributed by atoms with van der Waals surface area (Å²) in [5.41, 5.74) is 0.700. The van der Waals surface area contributed by atoms with E-state index in [9.17, 15) is 17.6 Å². The lowest BCUT2D eigenvalue weighted by atomic mass is 10.1. The lowest BCUT2D eigenvalue weighted by Crippen LogP contribution is -2.21. The summed E-state index contributed by atoms with van der Waals surface area (Å²) in [6, 6.07) is 5.25. The summed E-state index contributed by atoms with van der Waals surface area (Å²) >= 11 is 0.595. The van der Waals surface area contributed by atoms with Gasteiger partial charge in [-0.1, -0.05) is 19.1 Å². The van der Waals surface area contributed by atoms with E-state index < -0.39 is 17.2 Å². The van der Waals surface area contributed by atoms with E-state index in [1.807, 2.05) is 6.92 Å². The molecule has 0 saturated carbocycles. The van der Waals surface area contributed by atoms with Crippen molar-refractivity contribution >= 4 is 11.3 Å². The van der Waals surface area contributed by atoms with E-state index in [4.69, 9.17) is 0 Å². The van der Waals surface area contributed by atoms with Crippen LogP contribution in [0.25, 0.3) is 0 Å². The molecule has 2 aromatic rings. The maximum absolute atomic E-state index is 12.9. The Labute approximate surface area is 117 Å². The first-order valence-electron chi connectivity index (χ1n) is 5.93. The second-order valence-corrected chi connectivity index (χ2v) is 5.17. The molecule has 0 spiro atoms. The molecule has 1 atom stereocenters. The van der Waals surface area contributed by atoms with Gasteiger partial charge in [0, 0.05) is 11.1 Å². The van der Waals surface area contributed by atoms with E-state index in [1.54, 1.807) is 12.1 Å². The zero-order chi connectivity index (χ0) is 14.8. The number of hydrogen-bond acceptors (Lipinski definition) is 3. The molecule has 0 fully saturated rings. The quantitative estimate of drug-likeness (QED) is 0.864. The Balaban J connectivity index is 2.33. The third-order valence-electron chi connectivity index (χ3n) is 2.66. The molecule has 1 aromatic carbocycles. The molecule has 0 radical (unpaired) electrons. The highest BCUT2D eigenvalue weighted by molar-refractivity contribution is 7.11. The van der Waals surface area contributed by atoms with E-state index in [1.165, 1.54) is 18.3 Å². The summed E-state index contributed by atoms with van der Waals surface area (Å²) in [4.78, 5) is 3.86. The summed E-state index contributed by atoms with van der Waals surface area (Å²) in [6.07, 6.45) is -3.23. The molecule has 0 aliphatic rings. The molecule has 1 aromatic heterocycles. The molecule has 2 nitrogen and oxygen atoms in total. The number of hydrogen-bond donors (Lipinski definition) is 1. The molecule has 108 valence electrons. The number of halogens is 4. The molecular weight excluding hydrogens is 292 g/mol. The molecule has 7 heteroatoms. The fourth-order valence-electron chi connectivity index (χ4n) is 1.79. The zero-order valence-electron chi connectivity index (χ0n) is 10.5. The summed E-state index contributed by atoms with van der Waals surface area (Å²) in [6.45, 7) is 2.42. The van der Waals surface area contributed by atoms with Gasteiger partial charge < -0.3 is 5.32 Å². The van der Waals surface area contributed by atoms with Gasteiger partial charge in [-0.05, 0) is 24.2 Å². The van der Waals surface area contributed by atoms with Crippen LogP contribution in [0.15, 0.2) is 30.5 Å². The maximum Gasteiger partial charge on any atom is 0.443 e. The van der Waals surface area contributed by atoms with Crippen molar-refractivity contribution < 1.29 is 17.6 Å². The van der Waals surface area contributed by atoms with Crippen molar-refractivity contribution in [3.05, 3.63) is 51.7 Å². The normalized spacial score (nSPS) is 13.4. The Kier molecular flexibility index (Phi) is 4.39. The zero-order valence-corrected chi connectivity index (χ0v) is 11.4. The van der Waals surface area contributed by atoms with Gasteiger partial charge in [0.2, 0.25) is 0 Å². The van der Waals surface area contributed by atoms with E-state index in [0.717, 1.165) is 0 Å². The van der Waals surface area contributed by atoms with Gasteiger partial charge >= 0.3 is 6.18 Å². The lowest BCUT2D eigenvalue weighted by Gasteiger charge is -2.16. The first-order valence-corrected chi connectivity index (χ1v) is 6.75. The largest absolute Gasteiger partial charge is 0.443 e. The minimum absolute atomic E-state index is 0.385. The number of aromatic nitrogens is 1. The molecular formula is C13H12F4N2S. The van der Waals surface area contributed by atoms with Crippen LogP contribution < -0.4 is 5.32 Å². The summed E-state index contributed by atoms with van der Waals surface area (Å²) in [7, 11) is 0. The van der Waals surface area contributed by atoms with Crippen molar-refractivity contribution in [2.75, 3.05) is 6.54 Å². The van der Waals surface area contributed by atoms with Gasteiger partial charge in [0.1, 0.15) is 5.82 Å². The number of nitrogens with one attached hydrogen (secondary N) is 1. The fourth-order valence-corrected chi connectivity index (χ4v) is 2.68. The smallest absolute Gasteiger partial charge is 0.306 e. The SMILES string of the molecule is CCNC(c1ccc(F)cc1)c1cnc(C(F)(F)F)s1. The average molecular weight is 304 g/mol. The van der Waals surface area contributed by atoms with E-state index in [2.05, 4.69) is 10.3 Å². The second kappa shape index (κ2) is 5.88. The predicted octanol–water partition coefficient (Wildman–Crippen LogP) is 4.00. The molecule has 0 amide bonds. The number of benzene rings is 1. The van der Waals surface area contributed by atoms with E-state index >= 15 is 0 Å². The second-order valence-electron chi connectivity index (χ2n) is 4.11. The van der Waals surface area contributed by atoms with Crippen LogP contribution in [0.4, 0.5) is 17.6 Å². The van der Waals surface area contributed by atoms with Crippen molar-refractivity contribution in [3.63, 3.8) is 0 Å². The molecule has 0 bridgehead atoms. The van der Waals surface area contributed by atoms with E-state index in [0.29, 0.717) is 28.3 Å². The van der Waals surface area contributed by atoms with Crippen molar-refractivity contribution in [2.45, 2.75) is 19.1 Å². The third kappa shape index (κ3) is 3.34. The molecule has 0 aliphatic heterocycles. The monoisotopic (exact) mass is 304 g/mol. The number of nitrogens with zero attached hydrogens (tertiary/aromatic N) is 1. The van der Waals surface area contributed by atoms with Crippen molar-refractivity contribution in [3.8, 4) is 0 Å². The first-order chi connectivity index (χ1) is 9.41. The van der Waals surface area contributed by atoms with Gasteiger partial charge in [-0.25, -0.2) is 9.37 Å². The molecule has 2 rings (SSSR count). The molecule has 20 heavy (non-hydrogen) atoms. The van der Waals surface area contributed by atoms with Crippen LogP contribution in [-0.4, -0.2) is 11.5 Å². The Hall–Kier alpha value is -1.47. The van der Waals surface area contributed by atoms with Crippen molar-refractivity contribution in [2.24, 2.45) is 0 Å². The van der Waals surface area contributed by atoms with Gasteiger partial charge in [0.25, 0.3) is 0 Å². The highest BCUT2D eigenvalue weighted by Crippen LogP contribution is 2.35. The van der Waals surface area contributed by atoms with Crippen LogP contribution in [0.1, 0.15) is 28.4 Å². The van der Waals surface area contributed by atoms with Crippen LogP contribution in [-0.2, 0) is 6.18 Å². The molecule has 1 heterocycles. The molecule has 0 saturated heterocycles. The van der Waals surface area contributed by atoms with Gasteiger partial charge in [0.15, 0.2) is 5.01 Å². The van der Waals surface area contributed by atoms with Crippen LogP contribution in [0, 0.1) is 5.82 Å². The standard InChI is InChI=1S/C13H12F4N2S/c1-2-18-11(8-3-5-9(14)6-4-8)10-7-19-12(20-10)13(15,16)17/h3-7,11,18H,2H2,1H3. The number of alkyl halides is 3. The number of thiazole rings is 1. The summed E-state index contributed by atoms with van der Waals surface area (Å²) in [5.74, 6) is -0.385. The minimum atomic E-state index is -4.44. The fraction of sp³-hybridized carbons (Fsp3) is 0.308. The first kappa shape index (κ1) is 14.9.